The Morgan fingerprint density at radius 2 is 1.39 bits per heavy atom. The normalized spacial score (nSPS) is 53.7. The number of hydrogen-bond acceptors (Lipinski definition) is 1. The van der Waals surface area contributed by atoms with Gasteiger partial charge in [-0.15, -0.1) is 0 Å². The Kier molecular flexibility index (Phi) is 2.45. The van der Waals surface area contributed by atoms with E-state index in [2.05, 4.69) is 19.2 Å². The smallest absolute Gasteiger partial charge is 0.000275 e. The zero-order chi connectivity index (χ0) is 12.4. The third-order valence-electron chi connectivity index (χ3n) is 6.74. The zero-order valence-corrected chi connectivity index (χ0v) is 12.2. The minimum Gasteiger partial charge on any atom is -0.316 e. The van der Waals surface area contributed by atoms with Gasteiger partial charge in [-0.3, -0.25) is 0 Å². The zero-order valence-electron chi connectivity index (χ0n) is 12.2. The van der Waals surface area contributed by atoms with Crippen LogP contribution in [0.4, 0.5) is 0 Å². The van der Waals surface area contributed by atoms with Crippen molar-refractivity contribution in [3.63, 3.8) is 0 Å². The molecule has 0 aromatic rings. The van der Waals surface area contributed by atoms with Crippen LogP contribution < -0.4 is 5.32 Å². The van der Waals surface area contributed by atoms with Crippen LogP contribution in [-0.2, 0) is 0 Å². The first-order valence-corrected chi connectivity index (χ1v) is 8.25. The van der Waals surface area contributed by atoms with Crippen LogP contribution in [0.25, 0.3) is 0 Å². The van der Waals surface area contributed by atoms with Gasteiger partial charge >= 0.3 is 0 Å². The van der Waals surface area contributed by atoms with Gasteiger partial charge in [-0.2, -0.15) is 0 Å². The Labute approximate surface area is 112 Å². The highest BCUT2D eigenvalue weighted by molar-refractivity contribution is 5.06. The fraction of sp³-hybridized carbons (Fsp3) is 1.00. The van der Waals surface area contributed by atoms with Gasteiger partial charge in [0.05, 0.1) is 0 Å². The van der Waals surface area contributed by atoms with Crippen molar-refractivity contribution in [1.82, 2.24) is 5.32 Å². The summed E-state index contributed by atoms with van der Waals surface area (Å²) in [5.74, 6) is 4.32. The summed E-state index contributed by atoms with van der Waals surface area (Å²) in [4.78, 5) is 0. The second-order valence-corrected chi connectivity index (χ2v) is 8.98. The van der Waals surface area contributed by atoms with Crippen LogP contribution in [0.15, 0.2) is 0 Å². The first-order chi connectivity index (χ1) is 8.55. The van der Waals surface area contributed by atoms with E-state index in [-0.39, 0.29) is 0 Å². The maximum Gasteiger partial charge on any atom is 0.000275 e. The van der Waals surface area contributed by atoms with Crippen molar-refractivity contribution in [3.8, 4) is 0 Å². The van der Waals surface area contributed by atoms with Crippen LogP contribution in [-0.4, -0.2) is 13.1 Å². The van der Waals surface area contributed by atoms with E-state index in [9.17, 15) is 0 Å². The van der Waals surface area contributed by atoms with E-state index in [1.807, 2.05) is 0 Å². The average molecular weight is 247 g/mol. The monoisotopic (exact) mass is 247 g/mol. The molecule has 0 spiro atoms. The molecular formula is C17H29N. The molecule has 4 bridgehead atoms. The Morgan fingerprint density at radius 3 is 1.89 bits per heavy atom. The summed E-state index contributed by atoms with van der Waals surface area (Å²) in [6.07, 6.45) is 11.0. The van der Waals surface area contributed by atoms with Gasteiger partial charge in [-0.25, -0.2) is 0 Å². The second kappa shape index (κ2) is 3.75. The Morgan fingerprint density at radius 1 is 0.833 bits per heavy atom. The van der Waals surface area contributed by atoms with Crippen molar-refractivity contribution in [2.24, 2.45) is 34.5 Å². The van der Waals surface area contributed by atoms with Gasteiger partial charge in [0, 0.05) is 6.54 Å². The molecule has 1 heterocycles. The van der Waals surface area contributed by atoms with Crippen LogP contribution in [0.2, 0.25) is 0 Å². The van der Waals surface area contributed by atoms with Gasteiger partial charge in [0.2, 0.25) is 0 Å². The van der Waals surface area contributed by atoms with E-state index < -0.39 is 0 Å². The summed E-state index contributed by atoms with van der Waals surface area (Å²) in [6.45, 7) is 7.48. The third-order valence-corrected chi connectivity index (χ3v) is 6.74. The lowest BCUT2D eigenvalue weighted by molar-refractivity contribution is -0.101. The van der Waals surface area contributed by atoms with E-state index in [4.69, 9.17) is 0 Å². The first-order valence-electron chi connectivity index (χ1n) is 8.25. The Balaban J connectivity index is 1.59. The topological polar surface area (TPSA) is 12.0 Å². The van der Waals surface area contributed by atoms with Crippen molar-refractivity contribution in [2.75, 3.05) is 13.1 Å². The van der Waals surface area contributed by atoms with Crippen LogP contribution in [0.1, 0.15) is 58.8 Å². The molecule has 0 radical (unpaired) electrons. The molecule has 5 rings (SSSR count). The van der Waals surface area contributed by atoms with Gasteiger partial charge in [-0.05, 0) is 86.0 Å². The molecule has 1 atom stereocenters. The molecule has 1 saturated heterocycles. The molecule has 5 fully saturated rings. The number of hydrogen-bond donors (Lipinski definition) is 1. The SMILES string of the molecule is CC1(C)CNCC(C23CC4CC(CC(C4)C2)C3)C1. The molecule has 4 saturated carbocycles. The number of nitrogens with one attached hydrogen (secondary N) is 1. The lowest BCUT2D eigenvalue weighted by Crippen LogP contribution is -2.55. The maximum atomic E-state index is 3.75. The lowest BCUT2D eigenvalue weighted by atomic mass is 9.45. The summed E-state index contributed by atoms with van der Waals surface area (Å²) in [6, 6.07) is 0. The highest BCUT2D eigenvalue weighted by atomic mass is 14.9. The van der Waals surface area contributed by atoms with Crippen molar-refractivity contribution in [3.05, 3.63) is 0 Å². The van der Waals surface area contributed by atoms with Crippen LogP contribution in [0.5, 0.6) is 0 Å². The number of rotatable bonds is 1. The van der Waals surface area contributed by atoms with Gasteiger partial charge in [0.15, 0.2) is 0 Å². The van der Waals surface area contributed by atoms with E-state index in [1.165, 1.54) is 19.5 Å². The van der Waals surface area contributed by atoms with Crippen molar-refractivity contribution < 1.29 is 0 Å². The molecule has 1 N–H and O–H groups in total. The van der Waals surface area contributed by atoms with Crippen LogP contribution in [0, 0.1) is 34.5 Å². The van der Waals surface area contributed by atoms with Crippen molar-refractivity contribution >= 4 is 0 Å². The molecule has 0 aromatic carbocycles. The lowest BCUT2D eigenvalue weighted by Gasteiger charge is -2.61. The predicted molar refractivity (Wildman–Crippen MR) is 75.4 cm³/mol. The molecule has 5 aliphatic rings. The van der Waals surface area contributed by atoms with Gasteiger partial charge < -0.3 is 5.32 Å². The average Bonchev–Trinajstić information content (AvgIpc) is 2.25. The van der Waals surface area contributed by atoms with E-state index in [0.29, 0.717) is 5.41 Å². The molecule has 0 amide bonds. The molecule has 4 aliphatic carbocycles. The summed E-state index contributed by atoms with van der Waals surface area (Å²) < 4.78 is 0. The fourth-order valence-electron chi connectivity index (χ4n) is 6.51. The highest BCUT2D eigenvalue weighted by Crippen LogP contribution is 2.64. The van der Waals surface area contributed by atoms with E-state index in [0.717, 1.165) is 29.1 Å². The van der Waals surface area contributed by atoms with Gasteiger partial charge in [0.25, 0.3) is 0 Å². The third kappa shape index (κ3) is 1.77. The van der Waals surface area contributed by atoms with Crippen LogP contribution >= 0.6 is 0 Å². The summed E-state index contributed by atoms with van der Waals surface area (Å²) in [5.41, 5.74) is 1.30. The molecule has 1 unspecified atom stereocenters. The minimum absolute atomic E-state index is 0.534. The summed E-state index contributed by atoms with van der Waals surface area (Å²) >= 11 is 0. The summed E-state index contributed by atoms with van der Waals surface area (Å²) in [5, 5.41) is 3.75. The minimum atomic E-state index is 0.534. The largest absolute Gasteiger partial charge is 0.316 e. The molecule has 1 aliphatic heterocycles. The molecule has 102 valence electrons. The first kappa shape index (κ1) is 11.8. The fourth-order valence-corrected chi connectivity index (χ4v) is 6.51. The van der Waals surface area contributed by atoms with Gasteiger partial charge in [0.1, 0.15) is 0 Å². The quantitative estimate of drug-likeness (QED) is 0.742. The molecule has 1 nitrogen and oxygen atoms in total. The van der Waals surface area contributed by atoms with E-state index >= 15 is 0 Å². The molecular weight excluding hydrogens is 218 g/mol. The van der Waals surface area contributed by atoms with E-state index in [1.54, 1.807) is 38.5 Å². The molecule has 0 aromatic heterocycles. The molecule has 18 heavy (non-hydrogen) atoms. The number of piperidine rings is 1. The maximum absolute atomic E-state index is 3.75. The predicted octanol–water partition coefficient (Wildman–Crippen LogP) is 3.84. The van der Waals surface area contributed by atoms with Crippen molar-refractivity contribution in [2.45, 2.75) is 58.8 Å². The standard InChI is InChI=1S/C17H29N/c1-16(2)9-15(10-18-11-16)17-6-12-3-13(7-17)5-14(4-12)8-17/h12-15,18H,3-11H2,1-2H3. The Bertz CT molecular complexity index is 308. The van der Waals surface area contributed by atoms with Crippen LogP contribution in [0.3, 0.4) is 0 Å². The van der Waals surface area contributed by atoms with Gasteiger partial charge in [-0.1, -0.05) is 13.8 Å². The summed E-state index contributed by atoms with van der Waals surface area (Å²) in [7, 11) is 0. The molecule has 1 heteroatoms. The van der Waals surface area contributed by atoms with Crippen molar-refractivity contribution in [1.29, 1.82) is 0 Å². The Hall–Kier alpha value is -0.0400. The second-order valence-electron chi connectivity index (χ2n) is 8.98. The highest BCUT2D eigenvalue weighted by Gasteiger charge is 2.54.